The van der Waals surface area contributed by atoms with Crippen molar-refractivity contribution in [1.82, 2.24) is 4.57 Å². The lowest BCUT2D eigenvalue weighted by Crippen LogP contribution is -1.94. The monoisotopic (exact) mass is 535 g/mol. The summed E-state index contributed by atoms with van der Waals surface area (Å²) in [5.41, 5.74) is 11.0. The lowest BCUT2D eigenvalue weighted by Gasteiger charge is -2.13. The highest BCUT2D eigenvalue weighted by atomic mass is 15.0. The van der Waals surface area contributed by atoms with Gasteiger partial charge in [0.2, 0.25) is 0 Å². The van der Waals surface area contributed by atoms with Crippen molar-refractivity contribution in [1.29, 1.82) is 0 Å². The van der Waals surface area contributed by atoms with Crippen LogP contribution < -0.4 is 0 Å². The first-order valence-electron chi connectivity index (χ1n) is 14.9. The SMILES string of the molecule is C/C=C\C(=C/C)c1cc(-c2ccccc2)cc(-c2ccc(-n3c4ccccc4c4ccccc43)cc2)c1.CC.CC. The van der Waals surface area contributed by atoms with Crippen LogP contribution in [0.1, 0.15) is 47.1 Å². The molecule has 0 fully saturated rings. The largest absolute Gasteiger partial charge is 0.309 e. The Morgan fingerprint density at radius 2 is 1.00 bits per heavy atom. The summed E-state index contributed by atoms with van der Waals surface area (Å²) in [5, 5.41) is 2.57. The van der Waals surface area contributed by atoms with Crippen molar-refractivity contribution in [2.45, 2.75) is 41.5 Å². The minimum Gasteiger partial charge on any atom is -0.309 e. The molecule has 0 aliphatic rings. The van der Waals surface area contributed by atoms with Gasteiger partial charge in [0.15, 0.2) is 0 Å². The quantitative estimate of drug-likeness (QED) is 0.193. The Kier molecular flexibility index (Phi) is 10.1. The summed E-state index contributed by atoms with van der Waals surface area (Å²) < 4.78 is 2.37. The van der Waals surface area contributed by atoms with E-state index in [1.165, 1.54) is 60.9 Å². The third-order valence-electron chi connectivity index (χ3n) is 7.07. The zero-order valence-corrected chi connectivity index (χ0v) is 25.2. The Bertz CT molecular complexity index is 1710. The van der Waals surface area contributed by atoms with E-state index in [1.54, 1.807) is 0 Å². The number of rotatable bonds is 5. The topological polar surface area (TPSA) is 4.93 Å². The Labute approximate surface area is 246 Å². The van der Waals surface area contributed by atoms with Crippen molar-refractivity contribution in [2.24, 2.45) is 0 Å². The van der Waals surface area contributed by atoms with Gasteiger partial charge in [-0.1, -0.05) is 125 Å². The summed E-state index contributed by atoms with van der Waals surface area (Å²) >= 11 is 0. The van der Waals surface area contributed by atoms with Gasteiger partial charge < -0.3 is 4.57 Å². The van der Waals surface area contributed by atoms with E-state index >= 15 is 0 Å². The van der Waals surface area contributed by atoms with Crippen molar-refractivity contribution in [2.75, 3.05) is 0 Å². The molecule has 6 aromatic rings. The molecule has 6 rings (SSSR count). The number of aromatic nitrogens is 1. The maximum absolute atomic E-state index is 2.37. The number of benzene rings is 5. The van der Waals surface area contributed by atoms with Crippen LogP contribution in [0.2, 0.25) is 0 Å². The van der Waals surface area contributed by atoms with Gasteiger partial charge in [0.05, 0.1) is 11.0 Å². The van der Waals surface area contributed by atoms with Crippen molar-refractivity contribution in [3.63, 3.8) is 0 Å². The molecule has 1 heterocycles. The van der Waals surface area contributed by atoms with Crippen LogP contribution in [0.5, 0.6) is 0 Å². The summed E-state index contributed by atoms with van der Waals surface area (Å²) in [5.74, 6) is 0. The highest BCUT2D eigenvalue weighted by molar-refractivity contribution is 6.09. The molecule has 0 N–H and O–H groups in total. The van der Waals surface area contributed by atoms with Crippen LogP contribution in [0.25, 0.3) is 55.3 Å². The third kappa shape index (κ3) is 6.10. The molecular formula is C40H41N. The predicted octanol–water partition coefficient (Wildman–Crippen LogP) is 12.1. The first kappa shape index (κ1) is 29.4. The smallest absolute Gasteiger partial charge is 0.0541 e. The normalized spacial score (nSPS) is 11.2. The van der Waals surface area contributed by atoms with Gasteiger partial charge in [0.1, 0.15) is 0 Å². The maximum atomic E-state index is 2.37. The molecule has 0 atom stereocenters. The highest BCUT2D eigenvalue weighted by Gasteiger charge is 2.12. The molecule has 0 radical (unpaired) electrons. The van der Waals surface area contributed by atoms with Gasteiger partial charge in [-0.05, 0) is 89.7 Å². The average molecular weight is 536 g/mol. The van der Waals surface area contributed by atoms with Crippen LogP contribution in [-0.2, 0) is 0 Å². The van der Waals surface area contributed by atoms with Gasteiger partial charge >= 0.3 is 0 Å². The lowest BCUT2D eigenvalue weighted by molar-refractivity contribution is 1.18. The van der Waals surface area contributed by atoms with Crippen molar-refractivity contribution in [3.8, 4) is 27.9 Å². The third-order valence-corrected chi connectivity index (χ3v) is 7.07. The predicted molar refractivity (Wildman–Crippen MR) is 183 cm³/mol. The van der Waals surface area contributed by atoms with Crippen LogP contribution in [-0.4, -0.2) is 4.57 Å². The van der Waals surface area contributed by atoms with Gasteiger partial charge in [0, 0.05) is 16.5 Å². The van der Waals surface area contributed by atoms with E-state index in [9.17, 15) is 0 Å². The van der Waals surface area contributed by atoms with Crippen molar-refractivity contribution >= 4 is 27.4 Å². The molecule has 0 saturated carbocycles. The fraction of sp³-hybridized carbons (Fsp3) is 0.150. The van der Waals surface area contributed by atoms with Crippen molar-refractivity contribution < 1.29 is 0 Å². The van der Waals surface area contributed by atoms with E-state index < -0.39 is 0 Å². The van der Waals surface area contributed by atoms with Gasteiger partial charge in [0.25, 0.3) is 0 Å². The Morgan fingerprint density at radius 1 is 0.512 bits per heavy atom. The molecule has 1 aromatic heterocycles. The van der Waals surface area contributed by atoms with E-state index in [1.807, 2.05) is 27.7 Å². The summed E-state index contributed by atoms with van der Waals surface area (Å²) in [6.07, 6.45) is 6.46. The number of allylic oxidation sites excluding steroid dienone is 4. The van der Waals surface area contributed by atoms with E-state index in [4.69, 9.17) is 0 Å². The summed E-state index contributed by atoms with van der Waals surface area (Å²) in [6.45, 7) is 12.2. The number of fused-ring (bicyclic) bond motifs is 3. The average Bonchev–Trinajstić information content (AvgIpc) is 3.40. The second kappa shape index (κ2) is 14.1. The van der Waals surface area contributed by atoms with Crippen molar-refractivity contribution in [3.05, 3.63) is 145 Å². The molecule has 0 unspecified atom stereocenters. The van der Waals surface area contributed by atoms with Gasteiger partial charge in [-0.2, -0.15) is 0 Å². The van der Waals surface area contributed by atoms with Crippen LogP contribution in [0.4, 0.5) is 0 Å². The van der Waals surface area contributed by atoms with Crippen LogP contribution >= 0.6 is 0 Å². The van der Waals surface area contributed by atoms with E-state index in [0.29, 0.717) is 0 Å². The molecule has 1 nitrogen and oxygen atoms in total. The number of hydrogen-bond acceptors (Lipinski definition) is 0. The Morgan fingerprint density at radius 3 is 1.51 bits per heavy atom. The number of para-hydroxylation sites is 2. The van der Waals surface area contributed by atoms with Crippen LogP contribution in [0.15, 0.2) is 140 Å². The maximum Gasteiger partial charge on any atom is 0.0541 e. The molecule has 0 saturated heterocycles. The van der Waals surface area contributed by atoms with E-state index in [0.717, 1.165) is 0 Å². The van der Waals surface area contributed by atoms with Gasteiger partial charge in [-0.25, -0.2) is 0 Å². The molecular weight excluding hydrogens is 494 g/mol. The molecule has 0 aliphatic carbocycles. The zero-order valence-electron chi connectivity index (χ0n) is 25.2. The summed E-state index contributed by atoms with van der Waals surface area (Å²) in [4.78, 5) is 0. The first-order valence-corrected chi connectivity index (χ1v) is 14.9. The molecule has 5 aromatic carbocycles. The van der Waals surface area contributed by atoms with Gasteiger partial charge in [-0.3, -0.25) is 0 Å². The van der Waals surface area contributed by atoms with Crippen LogP contribution in [0.3, 0.4) is 0 Å². The molecule has 0 bridgehead atoms. The molecule has 1 heteroatoms. The standard InChI is InChI=1S/C36H29N.2C2H6/c1-3-12-26(4-2)29-23-30(27-13-6-5-7-14-27)25-31(24-29)28-19-21-32(22-20-28)37-35-17-10-8-15-33(35)34-16-9-11-18-36(34)37;2*1-2/h3-25H,1-2H3;2*1-2H3/b12-3-,26-4+;;. The fourth-order valence-corrected chi connectivity index (χ4v) is 5.30. The highest BCUT2D eigenvalue weighted by Crippen LogP contribution is 2.34. The first-order chi connectivity index (χ1) is 20.3. The molecule has 0 aliphatic heterocycles. The van der Waals surface area contributed by atoms with Gasteiger partial charge in [-0.15, -0.1) is 0 Å². The van der Waals surface area contributed by atoms with E-state index in [2.05, 4.69) is 158 Å². The van der Waals surface area contributed by atoms with E-state index in [-0.39, 0.29) is 0 Å². The van der Waals surface area contributed by atoms with Crippen LogP contribution in [0, 0.1) is 0 Å². The second-order valence-electron chi connectivity index (χ2n) is 9.33. The molecule has 206 valence electrons. The lowest BCUT2D eigenvalue weighted by atomic mass is 9.93. The second-order valence-corrected chi connectivity index (χ2v) is 9.33. The fourth-order valence-electron chi connectivity index (χ4n) is 5.30. The number of nitrogens with zero attached hydrogens (tertiary/aromatic N) is 1. The Hall–Kier alpha value is -4.62. The summed E-state index contributed by atoms with van der Waals surface area (Å²) in [7, 11) is 0. The Balaban J connectivity index is 0.000000929. The molecule has 41 heavy (non-hydrogen) atoms. The minimum absolute atomic E-state index is 1.17. The zero-order chi connectivity index (χ0) is 29.2. The molecule has 0 spiro atoms. The molecule has 0 amide bonds. The minimum atomic E-state index is 1.17. The number of hydrogen-bond donors (Lipinski definition) is 0. The summed E-state index contributed by atoms with van der Waals surface area (Å²) in [6, 6.07) is 43.8.